The van der Waals surface area contributed by atoms with Gasteiger partial charge in [-0.2, -0.15) is 0 Å². The summed E-state index contributed by atoms with van der Waals surface area (Å²) in [6, 6.07) is 11.9. The summed E-state index contributed by atoms with van der Waals surface area (Å²) in [5.41, 5.74) is 6.50. The Morgan fingerprint density at radius 2 is 1.06 bits per heavy atom. The molecular weight excluding hydrogens is 624 g/mol. The summed E-state index contributed by atoms with van der Waals surface area (Å²) in [7, 11) is 0. The molecule has 188 valence electrons. The first-order valence-corrected chi connectivity index (χ1v) is 16.0. The molecule has 1 aromatic carbocycles. The molecule has 0 heterocycles. The maximum absolute atomic E-state index is 12.9. The Morgan fingerprint density at radius 1 is 0.750 bits per heavy atom. The van der Waals surface area contributed by atoms with E-state index in [2.05, 4.69) is 123 Å². The third-order valence-corrected chi connectivity index (χ3v) is 6.04. The molecular formula is C26H49I2N3O. The van der Waals surface area contributed by atoms with Gasteiger partial charge in [-0.3, -0.25) is 14.6 Å². The fourth-order valence-electron chi connectivity index (χ4n) is 4.42. The van der Waals surface area contributed by atoms with Gasteiger partial charge in [-0.15, -0.1) is 0 Å². The highest BCUT2D eigenvalue weighted by atomic mass is 127. The number of hydrogen-bond acceptors (Lipinski definition) is 3. The highest BCUT2D eigenvalue weighted by molar-refractivity contribution is 14.1. The first kappa shape index (κ1) is 34.2. The number of carbonyl (C=O) groups is 1. The molecule has 0 spiro atoms. The van der Waals surface area contributed by atoms with Crippen LogP contribution >= 0.6 is 45.2 Å². The Morgan fingerprint density at radius 3 is 1.31 bits per heavy atom. The van der Waals surface area contributed by atoms with Crippen molar-refractivity contribution in [1.82, 2.24) is 9.80 Å². The smallest absolute Gasteiger partial charge is 0.228 e. The van der Waals surface area contributed by atoms with E-state index in [0.717, 1.165) is 31.5 Å². The summed E-state index contributed by atoms with van der Waals surface area (Å²) in [5.74, 6) is -0.210. The topological polar surface area (TPSA) is 49.6 Å². The lowest BCUT2D eigenvalue weighted by atomic mass is 9.73. The van der Waals surface area contributed by atoms with E-state index in [9.17, 15) is 4.79 Å². The van der Waals surface area contributed by atoms with Crippen LogP contribution in [0.1, 0.15) is 73.8 Å². The van der Waals surface area contributed by atoms with Gasteiger partial charge in [-0.05, 0) is 83.7 Å². The molecule has 2 N–H and O–H groups in total. The van der Waals surface area contributed by atoms with E-state index in [4.69, 9.17) is 5.73 Å². The van der Waals surface area contributed by atoms with Crippen LogP contribution in [0.3, 0.4) is 0 Å². The third-order valence-electron chi connectivity index (χ3n) is 6.04. The maximum Gasteiger partial charge on any atom is 0.228 e. The molecule has 0 aliphatic heterocycles. The zero-order valence-corrected chi connectivity index (χ0v) is 26.5. The number of halogens is 2. The van der Waals surface area contributed by atoms with E-state index in [1.807, 2.05) is 28.1 Å². The number of hydrogen-bond donors (Lipinski definition) is 1. The van der Waals surface area contributed by atoms with Crippen LogP contribution in [0.5, 0.6) is 0 Å². The van der Waals surface area contributed by atoms with Gasteiger partial charge in [0.2, 0.25) is 5.91 Å². The lowest BCUT2D eigenvalue weighted by Crippen LogP contribution is -2.49. The SMILES string of the molecule is CC(C)N(CCC(CCN(C(C)C)C(C)C)(C(N)=O)c1ccccc1)C(C)C.CI.CI. The van der Waals surface area contributed by atoms with Crippen molar-refractivity contribution in [3.8, 4) is 0 Å². The van der Waals surface area contributed by atoms with Crippen LogP contribution in [0.4, 0.5) is 0 Å². The zero-order chi connectivity index (χ0) is 25.5. The van der Waals surface area contributed by atoms with Gasteiger partial charge in [-0.25, -0.2) is 0 Å². The monoisotopic (exact) mass is 673 g/mol. The van der Waals surface area contributed by atoms with Crippen molar-refractivity contribution in [2.75, 3.05) is 23.0 Å². The van der Waals surface area contributed by atoms with Crippen molar-refractivity contribution in [2.24, 2.45) is 5.73 Å². The molecule has 0 aliphatic rings. The van der Waals surface area contributed by atoms with Crippen LogP contribution in [0, 0.1) is 0 Å². The van der Waals surface area contributed by atoms with Crippen LogP contribution in [0.25, 0.3) is 0 Å². The van der Waals surface area contributed by atoms with Crippen LogP contribution in [-0.4, -0.2) is 62.8 Å². The van der Waals surface area contributed by atoms with Gasteiger partial charge in [0.15, 0.2) is 0 Å². The van der Waals surface area contributed by atoms with E-state index in [-0.39, 0.29) is 5.91 Å². The van der Waals surface area contributed by atoms with Crippen molar-refractivity contribution in [1.29, 1.82) is 0 Å². The zero-order valence-electron chi connectivity index (χ0n) is 22.2. The summed E-state index contributed by atoms with van der Waals surface area (Å²) < 4.78 is 0. The standard InChI is InChI=1S/C24H43N3O.2CH3I/c1-18(2)26(19(3)4)16-14-24(23(25)28,22-12-10-9-11-13-22)15-17-27(20(5)6)21(7)8;2*1-2/h9-13,18-21H,14-17H2,1-8H3,(H2,25,28);2*1H3. The summed E-state index contributed by atoms with van der Waals surface area (Å²) in [5, 5.41) is 0. The van der Waals surface area contributed by atoms with Gasteiger partial charge in [0.1, 0.15) is 0 Å². The fraction of sp³-hybridized carbons (Fsp3) is 0.731. The minimum atomic E-state index is -0.648. The summed E-state index contributed by atoms with van der Waals surface area (Å²) >= 11 is 4.30. The highest BCUT2D eigenvalue weighted by Gasteiger charge is 2.39. The van der Waals surface area contributed by atoms with Crippen LogP contribution in [-0.2, 0) is 10.2 Å². The van der Waals surface area contributed by atoms with E-state index in [1.54, 1.807) is 0 Å². The molecule has 4 nitrogen and oxygen atoms in total. The molecule has 0 saturated carbocycles. The summed E-state index contributed by atoms with van der Waals surface area (Å²) in [6.45, 7) is 19.4. The number of amides is 1. The van der Waals surface area contributed by atoms with E-state index in [0.29, 0.717) is 24.2 Å². The molecule has 1 rings (SSSR count). The van der Waals surface area contributed by atoms with Gasteiger partial charge in [0.05, 0.1) is 5.41 Å². The predicted octanol–water partition coefficient (Wildman–Crippen LogP) is 6.53. The molecule has 0 fully saturated rings. The maximum atomic E-state index is 12.9. The Balaban J connectivity index is 0. The lowest BCUT2D eigenvalue weighted by molar-refractivity contribution is -0.124. The summed E-state index contributed by atoms with van der Waals surface area (Å²) in [4.78, 5) is 21.7. The molecule has 0 bridgehead atoms. The van der Waals surface area contributed by atoms with Crippen molar-refractivity contribution in [3.63, 3.8) is 0 Å². The second-order valence-corrected chi connectivity index (χ2v) is 9.16. The van der Waals surface area contributed by atoms with Gasteiger partial charge in [-0.1, -0.05) is 75.5 Å². The number of primary amides is 1. The average Bonchev–Trinajstić information content (AvgIpc) is 2.75. The van der Waals surface area contributed by atoms with Gasteiger partial charge < -0.3 is 5.73 Å². The predicted molar refractivity (Wildman–Crippen MR) is 160 cm³/mol. The van der Waals surface area contributed by atoms with E-state index < -0.39 is 5.41 Å². The number of nitrogens with zero attached hydrogens (tertiary/aromatic N) is 2. The Kier molecular flexibility index (Phi) is 19.7. The van der Waals surface area contributed by atoms with Crippen molar-refractivity contribution >= 4 is 51.1 Å². The van der Waals surface area contributed by atoms with Gasteiger partial charge >= 0.3 is 0 Å². The largest absolute Gasteiger partial charge is 0.369 e. The molecule has 1 amide bonds. The number of carbonyl (C=O) groups excluding carboxylic acids is 1. The van der Waals surface area contributed by atoms with Gasteiger partial charge in [0.25, 0.3) is 0 Å². The van der Waals surface area contributed by atoms with E-state index >= 15 is 0 Å². The van der Waals surface area contributed by atoms with E-state index in [1.165, 1.54) is 0 Å². The first-order valence-electron chi connectivity index (χ1n) is 11.7. The quantitative estimate of drug-likeness (QED) is 0.203. The second kappa shape index (κ2) is 18.4. The number of alkyl halides is 2. The third kappa shape index (κ3) is 11.0. The normalized spacial score (nSPS) is 11.7. The number of nitrogens with two attached hydrogens (primary N) is 1. The van der Waals surface area contributed by atoms with Crippen molar-refractivity contribution < 1.29 is 4.79 Å². The van der Waals surface area contributed by atoms with Crippen LogP contribution in [0.2, 0.25) is 0 Å². The lowest BCUT2D eigenvalue weighted by Gasteiger charge is -2.39. The minimum absolute atomic E-state index is 0.210. The fourth-order valence-corrected chi connectivity index (χ4v) is 4.42. The Bertz CT molecular complexity index is 552. The van der Waals surface area contributed by atoms with Gasteiger partial charge in [0, 0.05) is 37.3 Å². The Hall–Kier alpha value is 0.0700. The number of rotatable bonds is 12. The molecule has 0 atom stereocenters. The molecule has 1 aromatic rings. The minimum Gasteiger partial charge on any atom is -0.369 e. The molecule has 6 heteroatoms. The molecule has 0 radical (unpaired) electrons. The molecule has 32 heavy (non-hydrogen) atoms. The molecule has 0 unspecified atom stereocenters. The van der Waals surface area contributed by atoms with Crippen molar-refractivity contribution in [2.45, 2.75) is 97.8 Å². The number of benzene rings is 1. The van der Waals surface area contributed by atoms with Crippen LogP contribution < -0.4 is 5.73 Å². The summed E-state index contributed by atoms with van der Waals surface area (Å²) in [6.07, 6.45) is 1.49. The Labute approximate surface area is 226 Å². The molecule has 0 aromatic heterocycles. The molecule has 0 aliphatic carbocycles. The second-order valence-electron chi connectivity index (χ2n) is 9.16. The van der Waals surface area contributed by atoms with Crippen molar-refractivity contribution in [3.05, 3.63) is 35.9 Å². The molecule has 0 saturated heterocycles. The first-order chi connectivity index (χ1) is 15.0. The highest BCUT2D eigenvalue weighted by Crippen LogP contribution is 2.33. The van der Waals surface area contributed by atoms with Crippen LogP contribution in [0.15, 0.2) is 30.3 Å². The average molecular weight is 674 g/mol.